The van der Waals surface area contributed by atoms with E-state index in [4.69, 9.17) is 21.1 Å². The number of hydrogen-bond acceptors (Lipinski definition) is 6. The molecule has 0 amide bonds. The lowest BCUT2D eigenvalue weighted by Crippen LogP contribution is -2.39. The number of halogens is 3. The molecule has 0 fully saturated rings. The van der Waals surface area contributed by atoms with Crippen molar-refractivity contribution in [2.45, 2.75) is 19.9 Å². The molecule has 1 aliphatic heterocycles. The zero-order chi connectivity index (χ0) is 24.6. The lowest BCUT2D eigenvalue weighted by molar-refractivity contribution is -0.139. The van der Waals surface area contributed by atoms with Crippen molar-refractivity contribution in [1.82, 2.24) is 4.57 Å². The molecule has 1 aliphatic rings. The van der Waals surface area contributed by atoms with Crippen LogP contribution >= 0.6 is 54.8 Å². The molecule has 2 aromatic carbocycles. The van der Waals surface area contributed by atoms with Gasteiger partial charge in [0.25, 0.3) is 5.56 Å². The van der Waals surface area contributed by atoms with E-state index in [1.807, 2.05) is 12.1 Å². The summed E-state index contributed by atoms with van der Waals surface area (Å²) in [6.07, 6.45) is 1.79. The molecule has 1 aromatic heterocycles. The van der Waals surface area contributed by atoms with Gasteiger partial charge in [0, 0.05) is 5.02 Å². The van der Waals surface area contributed by atoms with Crippen LogP contribution in [0.25, 0.3) is 6.08 Å². The number of aromatic nitrogens is 1. The molecule has 176 valence electrons. The van der Waals surface area contributed by atoms with E-state index < -0.39 is 12.0 Å². The molecule has 0 saturated carbocycles. The van der Waals surface area contributed by atoms with Gasteiger partial charge < -0.3 is 9.47 Å². The SMILES string of the molecule is CCOC(=O)C1=C(C)N=c2s/c(=C\c3cc(Br)c(OC)c(Br)c3)c(=O)n2C1c1ccc(Cl)cc1. The highest BCUT2D eigenvalue weighted by molar-refractivity contribution is 9.11. The molecule has 0 saturated heterocycles. The minimum absolute atomic E-state index is 0.217. The maximum absolute atomic E-state index is 13.6. The van der Waals surface area contributed by atoms with Crippen molar-refractivity contribution in [1.29, 1.82) is 0 Å². The van der Waals surface area contributed by atoms with Crippen molar-refractivity contribution < 1.29 is 14.3 Å². The van der Waals surface area contributed by atoms with Crippen LogP contribution in [0.2, 0.25) is 5.02 Å². The van der Waals surface area contributed by atoms with E-state index in [9.17, 15) is 9.59 Å². The Labute approximate surface area is 221 Å². The zero-order valence-corrected chi connectivity index (χ0v) is 23.1. The molecule has 1 unspecified atom stereocenters. The summed E-state index contributed by atoms with van der Waals surface area (Å²) >= 11 is 14.3. The fraction of sp³-hybridized carbons (Fsp3) is 0.208. The Kier molecular flexibility index (Phi) is 7.47. The number of benzene rings is 2. The summed E-state index contributed by atoms with van der Waals surface area (Å²) in [5, 5.41) is 0.560. The standard InChI is InChI=1S/C24H19Br2ClN2O4S/c1-4-33-23(31)19-12(2)28-24-29(20(19)14-5-7-15(27)8-6-14)22(30)18(34-24)11-13-9-16(25)21(32-3)17(26)10-13/h5-11,20H,4H2,1-3H3/b18-11-. The summed E-state index contributed by atoms with van der Waals surface area (Å²) < 4.78 is 14.2. The molecule has 2 heterocycles. The van der Waals surface area contributed by atoms with Gasteiger partial charge in [0.15, 0.2) is 4.80 Å². The number of esters is 1. The van der Waals surface area contributed by atoms with Crippen LogP contribution in [-0.4, -0.2) is 24.3 Å². The normalized spacial score (nSPS) is 15.7. The quantitative estimate of drug-likeness (QED) is 0.375. The fourth-order valence-electron chi connectivity index (χ4n) is 3.76. The van der Waals surface area contributed by atoms with Crippen LogP contribution in [0.15, 0.2) is 66.4 Å². The molecular weight excluding hydrogens is 608 g/mol. The van der Waals surface area contributed by atoms with Gasteiger partial charge in [-0.3, -0.25) is 9.36 Å². The maximum Gasteiger partial charge on any atom is 0.338 e. The van der Waals surface area contributed by atoms with Gasteiger partial charge in [0.05, 0.1) is 44.5 Å². The highest BCUT2D eigenvalue weighted by atomic mass is 79.9. The molecule has 0 spiro atoms. The maximum atomic E-state index is 13.6. The lowest BCUT2D eigenvalue weighted by Gasteiger charge is -2.24. The van der Waals surface area contributed by atoms with Crippen LogP contribution < -0.4 is 19.6 Å². The summed E-state index contributed by atoms with van der Waals surface area (Å²) in [5.74, 6) is 0.164. The second-order valence-corrected chi connectivity index (χ2v) is 10.5. The summed E-state index contributed by atoms with van der Waals surface area (Å²) in [5.41, 5.74) is 2.14. The third-order valence-corrected chi connectivity index (χ3v) is 7.64. The Hall–Kier alpha value is -2.20. The number of thiazole rings is 1. The van der Waals surface area contributed by atoms with Gasteiger partial charge in [-0.2, -0.15) is 0 Å². The van der Waals surface area contributed by atoms with Crippen LogP contribution in [-0.2, 0) is 9.53 Å². The monoisotopic (exact) mass is 624 g/mol. The van der Waals surface area contributed by atoms with E-state index >= 15 is 0 Å². The van der Waals surface area contributed by atoms with E-state index in [1.54, 1.807) is 55.9 Å². The number of carbonyl (C=O) groups is 1. The molecule has 0 bridgehead atoms. The number of rotatable bonds is 5. The van der Waals surface area contributed by atoms with Crippen LogP contribution in [0, 0.1) is 0 Å². The molecule has 1 atom stereocenters. The Bertz CT molecular complexity index is 1470. The minimum atomic E-state index is -0.677. The molecule has 6 nitrogen and oxygen atoms in total. The average Bonchev–Trinajstić information content (AvgIpc) is 3.08. The number of allylic oxidation sites excluding steroid dienone is 1. The molecular formula is C24H19Br2ClN2O4S. The number of nitrogens with zero attached hydrogens (tertiary/aromatic N) is 2. The van der Waals surface area contributed by atoms with Crippen LogP contribution in [0.5, 0.6) is 5.75 Å². The number of methoxy groups -OCH3 is 1. The third-order valence-electron chi connectivity index (χ3n) is 5.23. The first-order chi connectivity index (χ1) is 16.2. The van der Waals surface area contributed by atoms with Gasteiger partial charge in [-0.1, -0.05) is 35.1 Å². The van der Waals surface area contributed by atoms with Crippen LogP contribution in [0.3, 0.4) is 0 Å². The fourth-order valence-corrected chi connectivity index (χ4v) is 6.48. The van der Waals surface area contributed by atoms with Gasteiger partial charge >= 0.3 is 5.97 Å². The molecule has 0 radical (unpaired) electrons. The second kappa shape index (κ2) is 10.2. The van der Waals surface area contributed by atoms with Crippen molar-refractivity contribution in [3.05, 3.63) is 92.5 Å². The Morgan fingerprint density at radius 2 is 1.88 bits per heavy atom. The molecule has 10 heteroatoms. The average molecular weight is 627 g/mol. The van der Waals surface area contributed by atoms with Crippen molar-refractivity contribution in [2.24, 2.45) is 4.99 Å². The van der Waals surface area contributed by atoms with Gasteiger partial charge in [0.1, 0.15) is 5.75 Å². The molecule has 34 heavy (non-hydrogen) atoms. The molecule has 0 N–H and O–H groups in total. The van der Waals surface area contributed by atoms with Crippen molar-refractivity contribution in [3.63, 3.8) is 0 Å². The van der Waals surface area contributed by atoms with Gasteiger partial charge in [0.2, 0.25) is 0 Å². The predicted molar refractivity (Wildman–Crippen MR) is 140 cm³/mol. The Morgan fingerprint density at radius 1 is 1.24 bits per heavy atom. The van der Waals surface area contributed by atoms with Crippen molar-refractivity contribution in [3.8, 4) is 5.75 Å². The summed E-state index contributed by atoms with van der Waals surface area (Å²) in [4.78, 5) is 31.6. The predicted octanol–water partition coefficient (Wildman–Crippen LogP) is 4.99. The first-order valence-corrected chi connectivity index (χ1v) is 13.0. The van der Waals surface area contributed by atoms with Crippen molar-refractivity contribution >= 4 is 66.8 Å². The molecule has 0 aliphatic carbocycles. The number of carbonyl (C=O) groups excluding carboxylic acids is 1. The first kappa shape index (κ1) is 24.9. The summed E-state index contributed by atoms with van der Waals surface area (Å²) in [7, 11) is 1.59. The number of ether oxygens (including phenoxy) is 2. The van der Waals surface area contributed by atoms with Gasteiger partial charge in [-0.25, -0.2) is 9.79 Å². The van der Waals surface area contributed by atoms with Crippen molar-refractivity contribution in [2.75, 3.05) is 13.7 Å². The topological polar surface area (TPSA) is 69.9 Å². The van der Waals surface area contributed by atoms with Crippen LogP contribution in [0.4, 0.5) is 0 Å². The first-order valence-electron chi connectivity index (χ1n) is 10.2. The second-order valence-electron chi connectivity index (χ2n) is 7.37. The smallest absolute Gasteiger partial charge is 0.338 e. The summed E-state index contributed by atoms with van der Waals surface area (Å²) in [6.45, 7) is 3.71. The largest absolute Gasteiger partial charge is 0.494 e. The van der Waals surface area contributed by atoms with Gasteiger partial charge in [-0.05, 0) is 87.2 Å². The van der Waals surface area contributed by atoms with Crippen LogP contribution in [0.1, 0.15) is 31.0 Å². The highest BCUT2D eigenvalue weighted by Gasteiger charge is 2.33. The Morgan fingerprint density at radius 3 is 2.47 bits per heavy atom. The van der Waals surface area contributed by atoms with E-state index in [0.717, 1.165) is 20.1 Å². The summed E-state index contributed by atoms with van der Waals surface area (Å²) in [6, 6.07) is 10.1. The van der Waals surface area contributed by atoms with E-state index in [2.05, 4.69) is 36.9 Å². The minimum Gasteiger partial charge on any atom is -0.494 e. The molecule has 4 rings (SSSR count). The lowest BCUT2D eigenvalue weighted by atomic mass is 9.96. The number of hydrogen-bond donors (Lipinski definition) is 0. The zero-order valence-electron chi connectivity index (χ0n) is 18.4. The highest BCUT2D eigenvalue weighted by Crippen LogP contribution is 2.35. The van der Waals surface area contributed by atoms with E-state index in [1.165, 1.54) is 11.3 Å². The Balaban J connectivity index is 1.94. The van der Waals surface area contributed by atoms with E-state index in [0.29, 0.717) is 31.4 Å². The van der Waals surface area contributed by atoms with Gasteiger partial charge in [-0.15, -0.1) is 0 Å². The third kappa shape index (κ3) is 4.66. The number of fused-ring (bicyclic) bond motifs is 1. The van der Waals surface area contributed by atoms with E-state index in [-0.39, 0.29) is 12.2 Å². The molecule has 3 aromatic rings.